The second-order valence-corrected chi connectivity index (χ2v) is 6.46. The van der Waals surface area contributed by atoms with E-state index in [-0.39, 0.29) is 11.3 Å². The van der Waals surface area contributed by atoms with Gasteiger partial charge >= 0.3 is 0 Å². The maximum Gasteiger partial charge on any atom is 0.228 e. The lowest BCUT2D eigenvalue weighted by Crippen LogP contribution is -2.47. The Hall–Kier alpha value is -1.95. The first kappa shape index (κ1) is 13.7. The highest BCUT2D eigenvalue weighted by molar-refractivity contribution is 5.83. The summed E-state index contributed by atoms with van der Waals surface area (Å²) in [6.07, 6.45) is 6.48. The van der Waals surface area contributed by atoms with Crippen molar-refractivity contribution < 1.29 is 4.79 Å². The molecule has 6 heteroatoms. The number of pyridine rings is 1. The molecule has 2 aromatic rings. The van der Waals surface area contributed by atoms with Crippen LogP contribution in [-0.2, 0) is 11.3 Å². The fourth-order valence-electron chi connectivity index (χ4n) is 4.04. The Kier molecular flexibility index (Phi) is 3.33. The summed E-state index contributed by atoms with van der Waals surface area (Å²) in [7, 11) is 0. The van der Waals surface area contributed by atoms with Gasteiger partial charge in [-0.2, -0.15) is 0 Å². The number of nitrogens with zero attached hydrogens (tertiary/aromatic N) is 3. The van der Waals surface area contributed by atoms with Crippen LogP contribution in [-0.4, -0.2) is 33.6 Å². The number of rotatable bonds is 3. The van der Waals surface area contributed by atoms with Crippen molar-refractivity contribution in [1.82, 2.24) is 25.2 Å². The third-order valence-corrected chi connectivity index (χ3v) is 5.28. The Labute approximate surface area is 129 Å². The summed E-state index contributed by atoms with van der Waals surface area (Å²) in [6.45, 7) is 2.21. The number of amides is 1. The molecule has 2 aliphatic rings. The van der Waals surface area contributed by atoms with Crippen LogP contribution in [0.25, 0.3) is 5.65 Å². The molecule has 2 N–H and O–H groups in total. The van der Waals surface area contributed by atoms with E-state index >= 15 is 0 Å². The Bertz CT molecular complexity index is 697. The number of carbonyl (C=O) groups excluding carboxylic acids is 1. The molecule has 0 bridgehead atoms. The maximum absolute atomic E-state index is 12.8. The fourth-order valence-corrected chi connectivity index (χ4v) is 4.04. The third kappa shape index (κ3) is 2.09. The molecule has 22 heavy (non-hydrogen) atoms. The monoisotopic (exact) mass is 299 g/mol. The zero-order valence-electron chi connectivity index (χ0n) is 12.6. The van der Waals surface area contributed by atoms with Gasteiger partial charge in [-0.15, -0.1) is 10.2 Å². The van der Waals surface area contributed by atoms with E-state index in [1.165, 1.54) is 6.42 Å². The van der Waals surface area contributed by atoms with Gasteiger partial charge in [0.15, 0.2) is 11.5 Å². The molecular formula is C16H21N5O. The first-order chi connectivity index (χ1) is 10.8. The van der Waals surface area contributed by atoms with Crippen LogP contribution in [0.3, 0.4) is 0 Å². The Morgan fingerprint density at radius 3 is 3.32 bits per heavy atom. The third-order valence-electron chi connectivity index (χ3n) is 5.28. The number of hydrogen-bond donors (Lipinski definition) is 2. The maximum atomic E-state index is 12.8. The molecule has 6 nitrogen and oxygen atoms in total. The zero-order chi connectivity index (χ0) is 15.0. The largest absolute Gasteiger partial charge is 0.348 e. The second-order valence-electron chi connectivity index (χ2n) is 6.46. The van der Waals surface area contributed by atoms with Crippen LogP contribution >= 0.6 is 0 Å². The van der Waals surface area contributed by atoms with Crippen LogP contribution in [0.5, 0.6) is 0 Å². The van der Waals surface area contributed by atoms with Crippen molar-refractivity contribution in [3.8, 4) is 0 Å². The van der Waals surface area contributed by atoms with E-state index < -0.39 is 0 Å². The predicted molar refractivity (Wildman–Crippen MR) is 82.1 cm³/mol. The van der Waals surface area contributed by atoms with Crippen LogP contribution < -0.4 is 10.6 Å². The number of carbonyl (C=O) groups is 1. The lowest BCUT2D eigenvalue weighted by molar-refractivity contribution is -0.134. The van der Waals surface area contributed by atoms with Crippen molar-refractivity contribution in [2.45, 2.75) is 32.2 Å². The summed E-state index contributed by atoms with van der Waals surface area (Å²) in [5.74, 6) is 1.44. The molecule has 2 atom stereocenters. The lowest BCUT2D eigenvalue weighted by Gasteiger charge is -2.37. The standard InChI is InChI=1S/C16H21N5O/c22-15(16-7-3-1-5-12(16)9-17-11-16)18-10-14-20-19-13-6-2-4-8-21(13)14/h2,4,6,8,12,17H,1,3,5,7,9-11H2,(H,18,22)/t12-,16+/m0/s1. The zero-order valence-corrected chi connectivity index (χ0v) is 12.6. The van der Waals surface area contributed by atoms with Crippen LogP contribution in [0, 0.1) is 11.3 Å². The molecular weight excluding hydrogens is 278 g/mol. The van der Waals surface area contributed by atoms with Gasteiger partial charge in [0.25, 0.3) is 0 Å². The molecule has 1 aliphatic carbocycles. The molecule has 116 valence electrons. The van der Waals surface area contributed by atoms with Gasteiger partial charge in [0, 0.05) is 12.7 Å². The number of nitrogens with one attached hydrogen (secondary N) is 2. The van der Waals surface area contributed by atoms with E-state index in [9.17, 15) is 4.79 Å². The summed E-state index contributed by atoms with van der Waals surface area (Å²) >= 11 is 0. The van der Waals surface area contributed by atoms with Crippen molar-refractivity contribution in [3.63, 3.8) is 0 Å². The molecule has 1 aliphatic heterocycles. The minimum absolute atomic E-state index is 0.176. The minimum Gasteiger partial charge on any atom is -0.348 e. The normalized spacial score (nSPS) is 27.7. The van der Waals surface area contributed by atoms with E-state index in [0.29, 0.717) is 12.5 Å². The average molecular weight is 299 g/mol. The molecule has 2 fully saturated rings. The van der Waals surface area contributed by atoms with E-state index in [4.69, 9.17) is 0 Å². The van der Waals surface area contributed by atoms with Crippen LogP contribution in [0.2, 0.25) is 0 Å². The highest BCUT2D eigenvalue weighted by atomic mass is 16.2. The number of hydrogen-bond acceptors (Lipinski definition) is 4. The molecule has 1 amide bonds. The quantitative estimate of drug-likeness (QED) is 0.891. The van der Waals surface area contributed by atoms with Gasteiger partial charge in [0.2, 0.25) is 5.91 Å². The van der Waals surface area contributed by atoms with Gasteiger partial charge in [-0.3, -0.25) is 9.20 Å². The van der Waals surface area contributed by atoms with Gasteiger partial charge in [-0.1, -0.05) is 18.9 Å². The summed E-state index contributed by atoms with van der Waals surface area (Å²) in [5, 5.41) is 14.8. The Morgan fingerprint density at radius 1 is 1.41 bits per heavy atom. The molecule has 1 saturated heterocycles. The number of aromatic nitrogens is 3. The van der Waals surface area contributed by atoms with Crippen LogP contribution in [0.15, 0.2) is 24.4 Å². The highest BCUT2D eigenvalue weighted by Crippen LogP contribution is 2.43. The second kappa shape index (κ2) is 5.35. The Balaban J connectivity index is 1.50. The van der Waals surface area contributed by atoms with Crippen molar-refractivity contribution in [2.24, 2.45) is 11.3 Å². The average Bonchev–Trinajstić information content (AvgIpc) is 3.17. The first-order valence-corrected chi connectivity index (χ1v) is 8.07. The fraction of sp³-hybridized carbons (Fsp3) is 0.562. The molecule has 0 spiro atoms. The molecule has 4 rings (SSSR count). The first-order valence-electron chi connectivity index (χ1n) is 8.07. The summed E-state index contributed by atoms with van der Waals surface area (Å²) < 4.78 is 1.92. The summed E-state index contributed by atoms with van der Waals surface area (Å²) in [6, 6.07) is 5.79. The van der Waals surface area contributed by atoms with E-state index in [0.717, 1.165) is 43.8 Å². The molecule has 2 aromatic heterocycles. The van der Waals surface area contributed by atoms with Crippen molar-refractivity contribution in [2.75, 3.05) is 13.1 Å². The van der Waals surface area contributed by atoms with E-state index in [1.807, 2.05) is 28.8 Å². The minimum atomic E-state index is -0.210. The van der Waals surface area contributed by atoms with Gasteiger partial charge in [0.05, 0.1) is 12.0 Å². The molecule has 0 radical (unpaired) electrons. The van der Waals surface area contributed by atoms with Gasteiger partial charge in [-0.05, 0) is 37.4 Å². The van der Waals surface area contributed by atoms with Gasteiger partial charge < -0.3 is 10.6 Å². The molecule has 0 unspecified atom stereocenters. The Morgan fingerprint density at radius 2 is 2.36 bits per heavy atom. The summed E-state index contributed by atoms with van der Waals surface area (Å²) in [5.41, 5.74) is 0.599. The SMILES string of the molecule is O=C(NCc1nnc2ccccn12)[C@@]12CCCC[C@H]1CNC2. The van der Waals surface area contributed by atoms with Crippen molar-refractivity contribution >= 4 is 11.6 Å². The highest BCUT2D eigenvalue weighted by Gasteiger charge is 2.49. The molecule has 3 heterocycles. The predicted octanol–water partition coefficient (Wildman–Crippen LogP) is 1.13. The van der Waals surface area contributed by atoms with E-state index in [1.54, 1.807) is 0 Å². The summed E-state index contributed by atoms with van der Waals surface area (Å²) in [4.78, 5) is 12.8. The van der Waals surface area contributed by atoms with Crippen LogP contribution in [0.4, 0.5) is 0 Å². The van der Waals surface area contributed by atoms with Gasteiger partial charge in [0.1, 0.15) is 0 Å². The van der Waals surface area contributed by atoms with Crippen molar-refractivity contribution in [1.29, 1.82) is 0 Å². The smallest absolute Gasteiger partial charge is 0.228 e. The molecule has 0 aromatic carbocycles. The number of fused-ring (bicyclic) bond motifs is 2. The van der Waals surface area contributed by atoms with Crippen molar-refractivity contribution in [3.05, 3.63) is 30.2 Å². The van der Waals surface area contributed by atoms with Gasteiger partial charge in [-0.25, -0.2) is 0 Å². The molecule has 1 saturated carbocycles. The van der Waals surface area contributed by atoms with E-state index in [2.05, 4.69) is 20.8 Å². The van der Waals surface area contributed by atoms with Crippen LogP contribution in [0.1, 0.15) is 31.5 Å². The lowest BCUT2D eigenvalue weighted by atomic mass is 9.67. The topological polar surface area (TPSA) is 71.3 Å².